The molecule has 0 aromatic heterocycles. The Hall–Kier alpha value is -2.24. The third-order valence-electron chi connectivity index (χ3n) is 2.18. The van der Waals surface area contributed by atoms with Gasteiger partial charge in [-0.05, 0) is 24.6 Å². The molecule has 0 aliphatic carbocycles. The van der Waals surface area contributed by atoms with E-state index in [0.717, 1.165) is 6.07 Å². The molecule has 8 N–H and O–H groups in total. The molecular formula is C14H25FN4O. The summed E-state index contributed by atoms with van der Waals surface area (Å²) in [6.45, 7) is 9.56. The van der Waals surface area contributed by atoms with Gasteiger partial charge >= 0.3 is 0 Å². The second kappa shape index (κ2) is 9.66. The summed E-state index contributed by atoms with van der Waals surface area (Å²) in [6, 6.07) is 2.53. The van der Waals surface area contributed by atoms with Gasteiger partial charge in [0.2, 0.25) is 0 Å². The summed E-state index contributed by atoms with van der Waals surface area (Å²) in [5.74, 6) is -1.36. The Bertz CT molecular complexity index is 484. The van der Waals surface area contributed by atoms with E-state index in [0.29, 0.717) is 5.56 Å². The van der Waals surface area contributed by atoms with Gasteiger partial charge in [0.25, 0.3) is 5.91 Å². The third-order valence-corrected chi connectivity index (χ3v) is 2.18. The van der Waals surface area contributed by atoms with E-state index in [-0.39, 0.29) is 22.6 Å². The van der Waals surface area contributed by atoms with Gasteiger partial charge in [0, 0.05) is 11.3 Å². The van der Waals surface area contributed by atoms with Crippen LogP contribution in [0.3, 0.4) is 0 Å². The molecule has 0 atom stereocenters. The van der Waals surface area contributed by atoms with Crippen LogP contribution in [0.1, 0.15) is 38.8 Å². The first kappa shape index (κ1) is 20.1. The highest BCUT2D eigenvalue weighted by Crippen LogP contribution is 2.22. The number of hydrogen-bond acceptors (Lipinski definition) is 4. The quantitative estimate of drug-likeness (QED) is 0.489. The summed E-state index contributed by atoms with van der Waals surface area (Å²) >= 11 is 0. The maximum absolute atomic E-state index is 13.3. The summed E-state index contributed by atoms with van der Waals surface area (Å²) in [7, 11) is 0. The van der Waals surface area contributed by atoms with Crippen LogP contribution in [0.4, 0.5) is 10.1 Å². The minimum Gasteiger partial charge on any atom is -0.398 e. The molecule has 0 aliphatic rings. The standard InChI is InChI=1S/C10H13FN4O.2C2H6/c1-4-2-7(12)5(3-6(4)11)8(13)9(14)10(15)16;2*1-2/h2-3H,12-14H2,1H3,(H2,15,16);2*1-2H3/b9-8+;;. The van der Waals surface area contributed by atoms with Crippen molar-refractivity contribution < 1.29 is 9.18 Å². The van der Waals surface area contributed by atoms with Crippen molar-refractivity contribution in [2.24, 2.45) is 17.2 Å². The predicted molar refractivity (Wildman–Crippen MR) is 82.7 cm³/mol. The number of halogens is 1. The lowest BCUT2D eigenvalue weighted by Crippen LogP contribution is -2.24. The Morgan fingerprint density at radius 3 is 1.90 bits per heavy atom. The predicted octanol–water partition coefficient (Wildman–Crippen LogP) is 1.84. The largest absolute Gasteiger partial charge is 0.398 e. The maximum Gasteiger partial charge on any atom is 0.266 e. The molecule has 1 aromatic rings. The number of amides is 1. The van der Waals surface area contributed by atoms with Crippen LogP contribution in [0.15, 0.2) is 17.8 Å². The molecule has 1 aromatic carbocycles. The zero-order chi connectivity index (χ0) is 16.5. The van der Waals surface area contributed by atoms with Crippen LogP contribution in [0.25, 0.3) is 5.70 Å². The smallest absolute Gasteiger partial charge is 0.266 e. The lowest BCUT2D eigenvalue weighted by atomic mass is 10.1. The molecule has 20 heavy (non-hydrogen) atoms. The first-order valence-corrected chi connectivity index (χ1v) is 6.45. The molecule has 0 unspecified atom stereocenters. The molecular weight excluding hydrogens is 259 g/mol. The summed E-state index contributed by atoms with van der Waals surface area (Å²) in [6.07, 6.45) is 0. The van der Waals surface area contributed by atoms with Gasteiger partial charge in [-0.15, -0.1) is 0 Å². The van der Waals surface area contributed by atoms with Crippen molar-refractivity contribution in [3.05, 3.63) is 34.8 Å². The van der Waals surface area contributed by atoms with E-state index in [1.165, 1.54) is 6.07 Å². The van der Waals surface area contributed by atoms with Crippen molar-refractivity contribution in [2.75, 3.05) is 5.73 Å². The second-order valence-corrected chi connectivity index (χ2v) is 3.38. The molecule has 0 saturated heterocycles. The van der Waals surface area contributed by atoms with E-state index < -0.39 is 11.7 Å². The molecule has 0 heterocycles. The number of anilines is 1. The van der Waals surface area contributed by atoms with Gasteiger partial charge < -0.3 is 22.9 Å². The van der Waals surface area contributed by atoms with Gasteiger partial charge in [-0.1, -0.05) is 27.7 Å². The molecule has 6 heteroatoms. The highest BCUT2D eigenvalue weighted by atomic mass is 19.1. The Morgan fingerprint density at radius 2 is 1.50 bits per heavy atom. The van der Waals surface area contributed by atoms with E-state index in [1.54, 1.807) is 6.92 Å². The Morgan fingerprint density at radius 1 is 1.05 bits per heavy atom. The van der Waals surface area contributed by atoms with Gasteiger partial charge in [-0.3, -0.25) is 4.79 Å². The van der Waals surface area contributed by atoms with E-state index in [4.69, 9.17) is 22.9 Å². The molecule has 0 bridgehead atoms. The lowest BCUT2D eigenvalue weighted by molar-refractivity contribution is -0.114. The minimum absolute atomic E-state index is 0.121. The Balaban J connectivity index is 0. The number of rotatable bonds is 2. The van der Waals surface area contributed by atoms with E-state index in [9.17, 15) is 9.18 Å². The van der Waals surface area contributed by atoms with Gasteiger partial charge in [-0.25, -0.2) is 4.39 Å². The molecule has 0 aliphatic heterocycles. The van der Waals surface area contributed by atoms with Crippen LogP contribution in [0, 0.1) is 12.7 Å². The number of hydrogen-bond donors (Lipinski definition) is 4. The van der Waals surface area contributed by atoms with Crippen molar-refractivity contribution >= 4 is 17.3 Å². The number of benzene rings is 1. The van der Waals surface area contributed by atoms with Crippen LogP contribution in [-0.4, -0.2) is 5.91 Å². The fraction of sp³-hybridized carbons (Fsp3) is 0.357. The number of nitrogen functional groups attached to an aromatic ring is 1. The maximum atomic E-state index is 13.3. The van der Waals surface area contributed by atoms with Crippen LogP contribution in [-0.2, 0) is 4.79 Å². The van der Waals surface area contributed by atoms with Crippen molar-refractivity contribution in [2.45, 2.75) is 34.6 Å². The highest BCUT2D eigenvalue weighted by molar-refractivity contribution is 5.99. The normalized spacial score (nSPS) is 10.3. The zero-order valence-electron chi connectivity index (χ0n) is 12.8. The molecule has 114 valence electrons. The molecule has 0 fully saturated rings. The summed E-state index contributed by atoms with van der Waals surface area (Å²) in [5, 5.41) is 0. The number of carbonyl (C=O) groups excluding carboxylic acids is 1. The number of carbonyl (C=O) groups is 1. The van der Waals surface area contributed by atoms with Crippen LogP contribution in [0.5, 0.6) is 0 Å². The van der Waals surface area contributed by atoms with Crippen molar-refractivity contribution in [3.8, 4) is 0 Å². The lowest BCUT2D eigenvalue weighted by Gasteiger charge is -2.09. The monoisotopic (exact) mass is 284 g/mol. The number of nitrogens with two attached hydrogens (primary N) is 4. The topological polar surface area (TPSA) is 121 Å². The molecule has 5 nitrogen and oxygen atoms in total. The summed E-state index contributed by atoms with van der Waals surface area (Å²) < 4.78 is 13.3. The number of aryl methyl sites for hydroxylation is 1. The van der Waals surface area contributed by atoms with Gasteiger partial charge in [-0.2, -0.15) is 0 Å². The third kappa shape index (κ3) is 5.17. The van der Waals surface area contributed by atoms with E-state index in [2.05, 4.69) is 0 Å². The first-order valence-electron chi connectivity index (χ1n) is 6.45. The Kier molecular flexibility index (Phi) is 9.70. The minimum atomic E-state index is -0.877. The van der Waals surface area contributed by atoms with Crippen molar-refractivity contribution in [3.63, 3.8) is 0 Å². The fourth-order valence-corrected chi connectivity index (χ4v) is 1.21. The molecule has 1 amide bonds. The molecule has 0 radical (unpaired) electrons. The average Bonchev–Trinajstić information content (AvgIpc) is 2.45. The van der Waals surface area contributed by atoms with Crippen LogP contribution < -0.4 is 22.9 Å². The summed E-state index contributed by atoms with van der Waals surface area (Å²) in [4.78, 5) is 10.8. The van der Waals surface area contributed by atoms with Gasteiger partial charge in [0.1, 0.15) is 11.5 Å². The van der Waals surface area contributed by atoms with Crippen LogP contribution in [0.2, 0.25) is 0 Å². The first-order chi connectivity index (χ1) is 9.34. The average molecular weight is 284 g/mol. The van der Waals surface area contributed by atoms with Gasteiger partial charge in [0.05, 0.1) is 5.70 Å². The molecule has 0 saturated carbocycles. The highest BCUT2D eigenvalue weighted by Gasteiger charge is 2.12. The molecule has 0 spiro atoms. The second-order valence-electron chi connectivity index (χ2n) is 3.38. The Labute approximate surface area is 119 Å². The van der Waals surface area contributed by atoms with Crippen molar-refractivity contribution in [1.82, 2.24) is 0 Å². The SMILES string of the molecule is CC.CC.Cc1cc(N)c(/C(N)=C(\N)C(N)=O)cc1F. The van der Waals surface area contributed by atoms with E-state index in [1.807, 2.05) is 27.7 Å². The fourth-order valence-electron chi connectivity index (χ4n) is 1.21. The molecule has 1 rings (SSSR count). The number of primary amides is 1. The summed E-state index contributed by atoms with van der Waals surface area (Å²) in [5.41, 5.74) is 21.8. The van der Waals surface area contributed by atoms with Crippen LogP contribution >= 0.6 is 0 Å². The van der Waals surface area contributed by atoms with E-state index >= 15 is 0 Å². The zero-order valence-corrected chi connectivity index (χ0v) is 12.8. The van der Waals surface area contributed by atoms with Crippen molar-refractivity contribution in [1.29, 1.82) is 0 Å². The van der Waals surface area contributed by atoms with Gasteiger partial charge in [0.15, 0.2) is 0 Å².